The van der Waals surface area contributed by atoms with Gasteiger partial charge in [-0.2, -0.15) is 0 Å². The minimum atomic E-state index is -0.138. The number of rotatable bonds is 6. The van der Waals surface area contributed by atoms with Crippen molar-refractivity contribution in [3.05, 3.63) is 58.6 Å². The quantitative estimate of drug-likeness (QED) is 0.674. The molecule has 2 aromatic carbocycles. The third kappa shape index (κ3) is 4.29. The van der Waals surface area contributed by atoms with Crippen molar-refractivity contribution in [3.63, 3.8) is 0 Å². The van der Waals surface area contributed by atoms with E-state index in [0.717, 1.165) is 29.9 Å². The molecule has 0 fully saturated rings. The highest BCUT2D eigenvalue weighted by atomic mass is 35.5. The number of halogens is 2. The molecule has 0 saturated heterocycles. The molecule has 0 aliphatic heterocycles. The van der Waals surface area contributed by atoms with Crippen molar-refractivity contribution < 1.29 is 9.47 Å². The molecule has 1 atom stereocenters. The molecule has 2 rings (SSSR count). The van der Waals surface area contributed by atoms with Crippen LogP contribution in [0.4, 0.5) is 0 Å². The van der Waals surface area contributed by atoms with E-state index >= 15 is 0 Å². The maximum Gasteiger partial charge on any atom is 0.123 e. The Morgan fingerprint density at radius 2 is 1.71 bits per heavy atom. The number of ether oxygens (including phenoxy) is 2. The zero-order valence-corrected chi connectivity index (χ0v) is 13.6. The van der Waals surface area contributed by atoms with Crippen LogP contribution in [0, 0.1) is 0 Å². The summed E-state index contributed by atoms with van der Waals surface area (Å²) in [6, 6.07) is 13.5. The SMILES string of the molecule is COc1ccc(CCC(Cl)c2cc(Cl)ccc2OC)cc1. The van der Waals surface area contributed by atoms with Crippen molar-refractivity contribution in [2.75, 3.05) is 14.2 Å². The summed E-state index contributed by atoms with van der Waals surface area (Å²) in [5.74, 6) is 1.63. The number of methoxy groups -OCH3 is 2. The molecule has 0 amide bonds. The molecule has 0 heterocycles. The Bertz CT molecular complexity index is 582. The van der Waals surface area contributed by atoms with E-state index in [1.54, 1.807) is 20.3 Å². The van der Waals surface area contributed by atoms with E-state index in [-0.39, 0.29) is 5.38 Å². The Labute approximate surface area is 135 Å². The van der Waals surface area contributed by atoms with Gasteiger partial charge < -0.3 is 9.47 Å². The fourth-order valence-corrected chi connectivity index (χ4v) is 2.65. The Morgan fingerprint density at radius 1 is 1.00 bits per heavy atom. The van der Waals surface area contributed by atoms with Crippen LogP contribution in [0.15, 0.2) is 42.5 Å². The van der Waals surface area contributed by atoms with Crippen molar-refractivity contribution in [2.24, 2.45) is 0 Å². The first kappa shape index (κ1) is 16.0. The van der Waals surface area contributed by atoms with Gasteiger partial charge in [-0.05, 0) is 48.7 Å². The molecule has 0 aliphatic carbocycles. The van der Waals surface area contributed by atoms with Gasteiger partial charge in [-0.3, -0.25) is 0 Å². The predicted molar refractivity (Wildman–Crippen MR) is 87.9 cm³/mol. The summed E-state index contributed by atoms with van der Waals surface area (Å²) in [6.07, 6.45) is 1.69. The molecular weight excluding hydrogens is 307 g/mol. The highest BCUT2D eigenvalue weighted by Crippen LogP contribution is 2.35. The molecule has 0 bridgehead atoms. The fourth-order valence-electron chi connectivity index (χ4n) is 2.19. The normalized spacial score (nSPS) is 12.0. The topological polar surface area (TPSA) is 18.5 Å². The van der Waals surface area contributed by atoms with Crippen molar-refractivity contribution >= 4 is 23.2 Å². The highest BCUT2D eigenvalue weighted by molar-refractivity contribution is 6.31. The van der Waals surface area contributed by atoms with Crippen LogP contribution in [-0.2, 0) is 6.42 Å². The summed E-state index contributed by atoms with van der Waals surface area (Å²) in [5.41, 5.74) is 2.16. The summed E-state index contributed by atoms with van der Waals surface area (Å²) in [6.45, 7) is 0. The minimum Gasteiger partial charge on any atom is -0.497 e. The molecule has 0 saturated carbocycles. The van der Waals surface area contributed by atoms with E-state index in [4.69, 9.17) is 32.7 Å². The predicted octanol–water partition coefficient (Wildman–Crippen LogP) is 5.27. The largest absolute Gasteiger partial charge is 0.497 e. The number of aryl methyl sites for hydroxylation is 1. The van der Waals surface area contributed by atoms with Crippen molar-refractivity contribution in [1.82, 2.24) is 0 Å². The molecule has 21 heavy (non-hydrogen) atoms. The van der Waals surface area contributed by atoms with E-state index in [2.05, 4.69) is 12.1 Å². The molecule has 112 valence electrons. The first-order chi connectivity index (χ1) is 10.1. The van der Waals surface area contributed by atoms with E-state index in [9.17, 15) is 0 Å². The number of hydrogen-bond donors (Lipinski definition) is 0. The van der Waals surface area contributed by atoms with Crippen LogP contribution in [0.3, 0.4) is 0 Å². The molecule has 0 aromatic heterocycles. The van der Waals surface area contributed by atoms with Crippen LogP contribution in [0.25, 0.3) is 0 Å². The van der Waals surface area contributed by atoms with E-state index in [1.807, 2.05) is 24.3 Å². The fraction of sp³-hybridized carbons (Fsp3) is 0.294. The van der Waals surface area contributed by atoms with Crippen LogP contribution < -0.4 is 9.47 Å². The van der Waals surface area contributed by atoms with Gasteiger partial charge in [0.1, 0.15) is 11.5 Å². The van der Waals surface area contributed by atoms with Crippen molar-refractivity contribution in [3.8, 4) is 11.5 Å². The molecule has 0 spiro atoms. The molecule has 1 unspecified atom stereocenters. The number of alkyl halides is 1. The summed E-state index contributed by atoms with van der Waals surface area (Å²) in [7, 11) is 3.30. The molecule has 4 heteroatoms. The molecule has 0 aliphatic rings. The lowest BCUT2D eigenvalue weighted by Crippen LogP contribution is -1.98. The lowest BCUT2D eigenvalue weighted by atomic mass is 10.0. The lowest BCUT2D eigenvalue weighted by molar-refractivity contribution is 0.408. The maximum absolute atomic E-state index is 6.51. The smallest absolute Gasteiger partial charge is 0.123 e. The molecule has 0 N–H and O–H groups in total. The van der Waals surface area contributed by atoms with Gasteiger partial charge in [0, 0.05) is 10.6 Å². The lowest BCUT2D eigenvalue weighted by Gasteiger charge is -2.14. The zero-order chi connectivity index (χ0) is 15.2. The second-order valence-corrected chi connectivity index (χ2v) is 5.70. The Balaban J connectivity index is 2.03. The van der Waals surface area contributed by atoms with Crippen LogP contribution in [-0.4, -0.2) is 14.2 Å². The number of hydrogen-bond acceptors (Lipinski definition) is 2. The Morgan fingerprint density at radius 3 is 2.33 bits per heavy atom. The molecule has 0 radical (unpaired) electrons. The van der Waals surface area contributed by atoms with Crippen molar-refractivity contribution in [2.45, 2.75) is 18.2 Å². The van der Waals surface area contributed by atoms with Crippen LogP contribution in [0.5, 0.6) is 11.5 Å². The van der Waals surface area contributed by atoms with Gasteiger partial charge in [-0.25, -0.2) is 0 Å². The van der Waals surface area contributed by atoms with Gasteiger partial charge in [-0.15, -0.1) is 11.6 Å². The van der Waals surface area contributed by atoms with E-state index in [0.29, 0.717) is 5.02 Å². The van der Waals surface area contributed by atoms with E-state index < -0.39 is 0 Å². The second kappa shape index (κ2) is 7.58. The Kier molecular flexibility index (Phi) is 5.77. The van der Waals surface area contributed by atoms with Crippen LogP contribution in [0.1, 0.15) is 22.9 Å². The standard InChI is InChI=1S/C17H18Cl2O2/c1-20-14-7-3-12(4-8-14)5-9-16(19)15-11-13(18)6-10-17(15)21-2/h3-4,6-8,10-11,16H,5,9H2,1-2H3. The van der Waals surface area contributed by atoms with Gasteiger partial charge in [0.2, 0.25) is 0 Å². The first-order valence-corrected chi connectivity index (χ1v) is 7.56. The molecular formula is C17H18Cl2O2. The minimum absolute atomic E-state index is 0.138. The van der Waals surface area contributed by atoms with Crippen molar-refractivity contribution in [1.29, 1.82) is 0 Å². The summed E-state index contributed by atoms with van der Waals surface area (Å²) >= 11 is 12.5. The van der Waals surface area contributed by atoms with Crippen LogP contribution in [0.2, 0.25) is 5.02 Å². The average Bonchev–Trinajstić information content (AvgIpc) is 2.53. The summed E-state index contributed by atoms with van der Waals surface area (Å²) in [5, 5.41) is 0.529. The second-order valence-electron chi connectivity index (χ2n) is 4.74. The third-order valence-corrected chi connectivity index (χ3v) is 4.06. The monoisotopic (exact) mass is 324 g/mol. The molecule has 2 nitrogen and oxygen atoms in total. The highest BCUT2D eigenvalue weighted by Gasteiger charge is 2.14. The van der Waals surface area contributed by atoms with Gasteiger partial charge in [-0.1, -0.05) is 23.7 Å². The van der Waals surface area contributed by atoms with E-state index in [1.165, 1.54) is 5.56 Å². The average molecular weight is 325 g/mol. The zero-order valence-electron chi connectivity index (χ0n) is 12.1. The van der Waals surface area contributed by atoms with Gasteiger partial charge in [0.25, 0.3) is 0 Å². The van der Waals surface area contributed by atoms with Gasteiger partial charge in [0.05, 0.1) is 19.6 Å². The maximum atomic E-state index is 6.51. The number of benzene rings is 2. The summed E-state index contributed by atoms with van der Waals surface area (Å²) in [4.78, 5) is 0. The first-order valence-electron chi connectivity index (χ1n) is 6.74. The third-order valence-electron chi connectivity index (χ3n) is 3.37. The van der Waals surface area contributed by atoms with Gasteiger partial charge in [0.15, 0.2) is 0 Å². The summed E-state index contributed by atoms with van der Waals surface area (Å²) < 4.78 is 10.5. The molecule has 2 aromatic rings. The van der Waals surface area contributed by atoms with Crippen LogP contribution >= 0.6 is 23.2 Å². The van der Waals surface area contributed by atoms with Gasteiger partial charge >= 0.3 is 0 Å². The Hall–Kier alpha value is -1.38.